The fraction of sp³-hybridized carbons (Fsp3) is 0.500. The van der Waals surface area contributed by atoms with Gasteiger partial charge in [0.05, 0.1) is 0 Å². The first kappa shape index (κ1) is 12.1. The first-order valence-electron chi connectivity index (χ1n) is 5.36. The summed E-state index contributed by atoms with van der Waals surface area (Å²) in [6.07, 6.45) is 0. The zero-order valence-electron chi connectivity index (χ0n) is 9.46. The fourth-order valence-corrected chi connectivity index (χ4v) is 1.29. The van der Waals surface area contributed by atoms with Crippen molar-refractivity contribution in [3.05, 3.63) is 35.6 Å². The maximum absolute atomic E-state index is 13.2. The summed E-state index contributed by atoms with van der Waals surface area (Å²) in [6, 6.07) is 6.88. The van der Waals surface area contributed by atoms with Crippen LogP contribution in [-0.2, 0) is 6.54 Å². The Balaban J connectivity index is 2.23. The van der Waals surface area contributed by atoms with E-state index in [-0.39, 0.29) is 5.82 Å². The molecule has 0 spiro atoms. The molecule has 0 unspecified atom stereocenters. The van der Waals surface area contributed by atoms with Crippen molar-refractivity contribution in [3.8, 4) is 0 Å². The van der Waals surface area contributed by atoms with Crippen LogP contribution in [0.15, 0.2) is 24.3 Å². The van der Waals surface area contributed by atoms with E-state index in [1.165, 1.54) is 6.07 Å². The van der Waals surface area contributed by atoms with Crippen molar-refractivity contribution in [2.75, 3.05) is 26.7 Å². The molecule has 0 aliphatic heterocycles. The van der Waals surface area contributed by atoms with Gasteiger partial charge < -0.3 is 10.2 Å². The van der Waals surface area contributed by atoms with Crippen LogP contribution in [0.2, 0.25) is 0 Å². The molecule has 84 valence electrons. The number of hydrogen-bond acceptors (Lipinski definition) is 2. The Hall–Kier alpha value is -0.930. The Bertz CT molecular complexity index is 289. The first-order chi connectivity index (χ1) is 7.24. The van der Waals surface area contributed by atoms with Crippen LogP contribution in [0.5, 0.6) is 0 Å². The SMILES string of the molecule is CCN(C)CCNCc1ccccc1F. The van der Waals surface area contributed by atoms with Gasteiger partial charge in [0.2, 0.25) is 0 Å². The van der Waals surface area contributed by atoms with Crippen LogP contribution in [-0.4, -0.2) is 31.6 Å². The summed E-state index contributed by atoms with van der Waals surface area (Å²) < 4.78 is 13.2. The Kier molecular flexibility index (Phi) is 5.29. The quantitative estimate of drug-likeness (QED) is 0.721. The minimum atomic E-state index is -0.131. The number of benzene rings is 1. The third-order valence-electron chi connectivity index (χ3n) is 2.48. The van der Waals surface area contributed by atoms with Gasteiger partial charge in [-0.15, -0.1) is 0 Å². The van der Waals surface area contributed by atoms with Gasteiger partial charge in [-0.2, -0.15) is 0 Å². The summed E-state index contributed by atoms with van der Waals surface area (Å²) in [5.41, 5.74) is 0.733. The molecule has 0 aromatic heterocycles. The summed E-state index contributed by atoms with van der Waals surface area (Å²) in [6.45, 7) is 5.64. The summed E-state index contributed by atoms with van der Waals surface area (Å²) >= 11 is 0. The molecular formula is C12H19FN2. The number of halogens is 1. The summed E-state index contributed by atoms with van der Waals surface area (Å²) in [7, 11) is 2.07. The number of rotatable bonds is 6. The zero-order valence-corrected chi connectivity index (χ0v) is 9.46. The molecule has 1 rings (SSSR count). The van der Waals surface area contributed by atoms with E-state index in [1.54, 1.807) is 6.07 Å². The van der Waals surface area contributed by atoms with Gasteiger partial charge in [0.25, 0.3) is 0 Å². The molecule has 0 amide bonds. The van der Waals surface area contributed by atoms with Crippen LogP contribution in [0.1, 0.15) is 12.5 Å². The molecule has 2 nitrogen and oxygen atoms in total. The summed E-state index contributed by atoms with van der Waals surface area (Å²) in [5, 5.41) is 3.23. The third kappa shape index (κ3) is 4.40. The number of hydrogen-bond donors (Lipinski definition) is 1. The van der Waals surface area contributed by atoms with Crippen LogP contribution in [0, 0.1) is 5.82 Å². The monoisotopic (exact) mass is 210 g/mol. The Morgan fingerprint density at radius 1 is 1.33 bits per heavy atom. The molecule has 0 radical (unpaired) electrons. The van der Waals surface area contributed by atoms with Crippen LogP contribution in [0.25, 0.3) is 0 Å². The predicted molar refractivity (Wildman–Crippen MR) is 61.3 cm³/mol. The minimum Gasteiger partial charge on any atom is -0.311 e. The van der Waals surface area contributed by atoms with E-state index in [0.717, 1.165) is 25.2 Å². The summed E-state index contributed by atoms with van der Waals surface area (Å²) in [4.78, 5) is 2.22. The lowest BCUT2D eigenvalue weighted by atomic mass is 10.2. The second-order valence-corrected chi connectivity index (χ2v) is 3.66. The van der Waals surface area contributed by atoms with E-state index in [9.17, 15) is 4.39 Å². The molecule has 15 heavy (non-hydrogen) atoms. The molecule has 1 aromatic carbocycles. The third-order valence-corrected chi connectivity index (χ3v) is 2.48. The highest BCUT2D eigenvalue weighted by Gasteiger charge is 1.99. The molecule has 0 bridgehead atoms. The molecule has 1 N–H and O–H groups in total. The zero-order chi connectivity index (χ0) is 11.1. The lowest BCUT2D eigenvalue weighted by Crippen LogP contribution is -2.28. The van der Waals surface area contributed by atoms with Gasteiger partial charge in [-0.3, -0.25) is 0 Å². The average Bonchev–Trinajstić information content (AvgIpc) is 2.26. The van der Waals surface area contributed by atoms with E-state index < -0.39 is 0 Å². The average molecular weight is 210 g/mol. The van der Waals surface area contributed by atoms with Crippen LogP contribution >= 0.6 is 0 Å². The van der Waals surface area contributed by atoms with Gasteiger partial charge in [0.1, 0.15) is 5.82 Å². The van der Waals surface area contributed by atoms with Gasteiger partial charge in [-0.25, -0.2) is 4.39 Å². The minimum absolute atomic E-state index is 0.131. The van der Waals surface area contributed by atoms with Crippen LogP contribution in [0.3, 0.4) is 0 Å². The van der Waals surface area contributed by atoms with Gasteiger partial charge >= 0.3 is 0 Å². The highest BCUT2D eigenvalue weighted by atomic mass is 19.1. The Labute approximate surface area is 91.1 Å². The van der Waals surface area contributed by atoms with Crippen molar-refractivity contribution in [2.24, 2.45) is 0 Å². The second-order valence-electron chi connectivity index (χ2n) is 3.66. The second kappa shape index (κ2) is 6.53. The highest BCUT2D eigenvalue weighted by Crippen LogP contribution is 2.04. The fourth-order valence-electron chi connectivity index (χ4n) is 1.29. The molecule has 1 aromatic rings. The van der Waals surface area contributed by atoms with Gasteiger partial charge in [-0.1, -0.05) is 25.1 Å². The van der Waals surface area contributed by atoms with E-state index in [1.807, 2.05) is 12.1 Å². The predicted octanol–water partition coefficient (Wildman–Crippen LogP) is 1.87. The molecule has 0 saturated carbocycles. The molecule has 0 saturated heterocycles. The molecule has 0 aliphatic rings. The Morgan fingerprint density at radius 2 is 2.07 bits per heavy atom. The van der Waals surface area contributed by atoms with E-state index in [0.29, 0.717) is 6.54 Å². The standard InChI is InChI=1S/C12H19FN2/c1-3-15(2)9-8-14-10-11-6-4-5-7-12(11)13/h4-7,14H,3,8-10H2,1-2H3. The number of nitrogens with one attached hydrogen (secondary N) is 1. The smallest absolute Gasteiger partial charge is 0.127 e. The molecule has 3 heteroatoms. The lowest BCUT2D eigenvalue weighted by molar-refractivity contribution is 0.348. The summed E-state index contributed by atoms with van der Waals surface area (Å²) in [5.74, 6) is -0.131. The van der Waals surface area contributed by atoms with Gasteiger partial charge in [0.15, 0.2) is 0 Å². The van der Waals surface area contributed by atoms with Gasteiger partial charge in [-0.05, 0) is 19.7 Å². The van der Waals surface area contributed by atoms with Crippen LogP contribution in [0.4, 0.5) is 4.39 Å². The largest absolute Gasteiger partial charge is 0.311 e. The number of nitrogens with zero attached hydrogens (tertiary/aromatic N) is 1. The van der Waals surface area contributed by atoms with Crippen molar-refractivity contribution >= 4 is 0 Å². The highest BCUT2D eigenvalue weighted by molar-refractivity contribution is 5.16. The number of likely N-dealkylation sites (N-methyl/N-ethyl adjacent to an activating group) is 1. The molecule has 0 fully saturated rings. The molecule has 0 atom stereocenters. The molecule has 0 aliphatic carbocycles. The van der Waals surface area contributed by atoms with E-state index in [2.05, 4.69) is 24.2 Å². The maximum atomic E-state index is 13.2. The Morgan fingerprint density at radius 3 is 2.73 bits per heavy atom. The van der Waals surface area contributed by atoms with Crippen molar-refractivity contribution in [2.45, 2.75) is 13.5 Å². The van der Waals surface area contributed by atoms with E-state index in [4.69, 9.17) is 0 Å². The molecule has 0 heterocycles. The topological polar surface area (TPSA) is 15.3 Å². The lowest BCUT2D eigenvalue weighted by Gasteiger charge is -2.14. The van der Waals surface area contributed by atoms with Crippen molar-refractivity contribution in [3.63, 3.8) is 0 Å². The van der Waals surface area contributed by atoms with Crippen molar-refractivity contribution in [1.29, 1.82) is 0 Å². The first-order valence-corrected chi connectivity index (χ1v) is 5.36. The molecular weight excluding hydrogens is 191 g/mol. The maximum Gasteiger partial charge on any atom is 0.127 e. The van der Waals surface area contributed by atoms with Crippen LogP contribution < -0.4 is 5.32 Å². The van der Waals surface area contributed by atoms with Gasteiger partial charge in [0, 0.05) is 25.2 Å². The van der Waals surface area contributed by atoms with Crippen molar-refractivity contribution < 1.29 is 4.39 Å². The normalized spacial score (nSPS) is 10.9. The van der Waals surface area contributed by atoms with E-state index >= 15 is 0 Å². The van der Waals surface area contributed by atoms with Crippen molar-refractivity contribution in [1.82, 2.24) is 10.2 Å².